The Labute approximate surface area is 254 Å². The van der Waals surface area contributed by atoms with Crippen LogP contribution in [0.25, 0.3) is 0 Å². The van der Waals surface area contributed by atoms with Gasteiger partial charge < -0.3 is 10.2 Å². The highest BCUT2D eigenvalue weighted by atomic mass is 16.4. The third kappa shape index (κ3) is 7.96. The fourth-order valence-electron chi connectivity index (χ4n) is 9.10. The van der Waals surface area contributed by atoms with Crippen LogP contribution in [-0.4, -0.2) is 69.2 Å². The fourth-order valence-corrected chi connectivity index (χ4v) is 9.10. The number of carbonyl (C=O) groups is 2. The van der Waals surface area contributed by atoms with Crippen molar-refractivity contribution in [3.63, 3.8) is 0 Å². The second kappa shape index (κ2) is 15.7. The van der Waals surface area contributed by atoms with E-state index in [2.05, 4.69) is 9.80 Å². The van der Waals surface area contributed by atoms with Gasteiger partial charge in [0.05, 0.1) is 11.1 Å². The van der Waals surface area contributed by atoms with Crippen molar-refractivity contribution in [1.29, 1.82) is 0 Å². The summed E-state index contributed by atoms with van der Waals surface area (Å²) in [6.45, 7) is 1.63. The van der Waals surface area contributed by atoms with Gasteiger partial charge in [0.25, 0.3) is 0 Å². The molecule has 0 unspecified atom stereocenters. The lowest BCUT2D eigenvalue weighted by Crippen LogP contribution is -2.46. The van der Waals surface area contributed by atoms with Crippen LogP contribution in [0.2, 0.25) is 0 Å². The molecule has 0 aromatic heterocycles. The van der Waals surface area contributed by atoms with Gasteiger partial charge in [-0.25, -0.2) is 9.59 Å². The van der Waals surface area contributed by atoms with E-state index in [1.54, 1.807) is 6.07 Å². The lowest BCUT2D eigenvalue weighted by molar-refractivity contribution is 0.0686. The van der Waals surface area contributed by atoms with Crippen molar-refractivity contribution in [1.82, 2.24) is 9.80 Å². The van der Waals surface area contributed by atoms with Gasteiger partial charge in [0.1, 0.15) is 0 Å². The number of benzene rings is 1. The van der Waals surface area contributed by atoms with Crippen LogP contribution in [0.4, 0.5) is 0 Å². The number of hydrogen-bond donors (Lipinski definition) is 2. The minimum Gasteiger partial charge on any atom is -0.478 e. The number of hydrogen-bond acceptors (Lipinski definition) is 4. The van der Waals surface area contributed by atoms with Gasteiger partial charge in [0.15, 0.2) is 0 Å². The van der Waals surface area contributed by atoms with Crippen molar-refractivity contribution < 1.29 is 19.8 Å². The Kier molecular flexibility index (Phi) is 11.8. The SMILES string of the molecule is O=C(O)c1ccc(CCN(C2CCCCC2)C2CCCCC2)c(C(=O)O)c1CCN(C1CCCCC1)C1CCCCC1. The van der Waals surface area contributed by atoms with E-state index in [0.29, 0.717) is 42.6 Å². The van der Waals surface area contributed by atoms with E-state index >= 15 is 0 Å². The number of rotatable bonds is 12. The molecule has 2 N–H and O–H groups in total. The first kappa shape index (κ1) is 31.5. The normalized spacial score (nSPS) is 22.1. The van der Waals surface area contributed by atoms with Crippen molar-refractivity contribution in [3.05, 3.63) is 34.4 Å². The molecule has 4 saturated carbocycles. The van der Waals surface area contributed by atoms with Gasteiger partial charge in [0.2, 0.25) is 0 Å². The molecule has 234 valence electrons. The molecule has 6 nitrogen and oxygen atoms in total. The molecule has 1 aromatic rings. The molecule has 0 radical (unpaired) electrons. The van der Waals surface area contributed by atoms with Crippen molar-refractivity contribution in [2.45, 2.75) is 165 Å². The molecule has 0 spiro atoms. The molecule has 0 bridgehead atoms. The van der Waals surface area contributed by atoms with Crippen LogP contribution in [0.1, 0.15) is 160 Å². The number of carboxylic acids is 2. The molecule has 42 heavy (non-hydrogen) atoms. The van der Waals surface area contributed by atoms with Gasteiger partial charge in [-0.15, -0.1) is 0 Å². The van der Waals surface area contributed by atoms with Crippen LogP contribution in [0.15, 0.2) is 12.1 Å². The fraction of sp³-hybridized carbons (Fsp3) is 0.778. The zero-order valence-corrected chi connectivity index (χ0v) is 26.0. The third-order valence-corrected chi connectivity index (χ3v) is 11.3. The highest BCUT2D eigenvalue weighted by molar-refractivity contribution is 5.97. The first-order chi connectivity index (χ1) is 20.5. The van der Waals surface area contributed by atoms with Crippen molar-refractivity contribution >= 4 is 11.9 Å². The van der Waals surface area contributed by atoms with Crippen LogP contribution < -0.4 is 0 Å². The smallest absolute Gasteiger partial charge is 0.336 e. The molecule has 5 rings (SSSR count). The Morgan fingerprint density at radius 2 is 0.929 bits per heavy atom. The third-order valence-electron chi connectivity index (χ3n) is 11.3. The molecule has 0 heterocycles. The van der Waals surface area contributed by atoms with Crippen molar-refractivity contribution in [2.24, 2.45) is 0 Å². The summed E-state index contributed by atoms with van der Waals surface area (Å²) in [5.41, 5.74) is 1.82. The highest BCUT2D eigenvalue weighted by Gasteiger charge is 2.32. The molecule has 0 aliphatic heterocycles. The monoisotopic (exact) mass is 580 g/mol. The predicted molar refractivity (Wildman–Crippen MR) is 169 cm³/mol. The van der Waals surface area contributed by atoms with Gasteiger partial charge >= 0.3 is 11.9 Å². The zero-order chi connectivity index (χ0) is 29.3. The molecule has 6 heteroatoms. The predicted octanol–water partition coefficient (Wildman–Crippen LogP) is 8.10. The van der Waals surface area contributed by atoms with Crippen LogP contribution in [0.5, 0.6) is 0 Å². The Hall–Kier alpha value is -1.92. The second-order valence-corrected chi connectivity index (χ2v) is 13.9. The van der Waals surface area contributed by atoms with E-state index in [4.69, 9.17) is 0 Å². The van der Waals surface area contributed by atoms with E-state index in [-0.39, 0.29) is 11.1 Å². The second-order valence-electron chi connectivity index (χ2n) is 13.9. The standard InChI is InChI=1S/C36H56N2O4/c39-35(40)33-22-21-27(23-25-37(28-13-5-1-6-14-28)29-15-7-2-8-16-29)34(36(41)42)32(33)24-26-38(30-17-9-3-10-18-30)31-19-11-4-12-20-31/h21-22,28-31H,1-20,23-26H2,(H,39,40)(H,41,42). The Bertz CT molecular complexity index is 981. The van der Waals surface area contributed by atoms with Crippen molar-refractivity contribution in [3.8, 4) is 0 Å². The minimum absolute atomic E-state index is 0.180. The molecule has 0 amide bonds. The highest BCUT2D eigenvalue weighted by Crippen LogP contribution is 2.33. The van der Waals surface area contributed by atoms with E-state index in [9.17, 15) is 19.8 Å². The molecule has 4 aliphatic rings. The Morgan fingerprint density at radius 3 is 1.29 bits per heavy atom. The minimum atomic E-state index is -1.01. The average Bonchev–Trinajstić information content (AvgIpc) is 3.03. The molecule has 0 atom stereocenters. The van der Waals surface area contributed by atoms with E-state index in [1.165, 1.54) is 128 Å². The summed E-state index contributed by atoms with van der Waals surface area (Å²) in [6.07, 6.45) is 26.6. The van der Waals surface area contributed by atoms with Crippen molar-refractivity contribution in [2.75, 3.05) is 13.1 Å². The number of aromatic carboxylic acids is 2. The van der Waals surface area contributed by atoms with Crippen LogP contribution in [0.3, 0.4) is 0 Å². The number of nitrogens with zero attached hydrogens (tertiary/aromatic N) is 2. The van der Waals surface area contributed by atoms with Crippen LogP contribution in [0, 0.1) is 0 Å². The summed E-state index contributed by atoms with van der Waals surface area (Å²) in [5, 5.41) is 20.7. The molecule has 0 saturated heterocycles. The Morgan fingerprint density at radius 1 is 0.548 bits per heavy atom. The maximum absolute atomic E-state index is 12.9. The first-order valence-electron chi connectivity index (χ1n) is 17.7. The summed E-state index contributed by atoms with van der Waals surface area (Å²) >= 11 is 0. The van der Waals surface area contributed by atoms with Gasteiger partial charge in [-0.3, -0.25) is 9.80 Å². The lowest BCUT2D eigenvalue weighted by Gasteiger charge is -2.42. The van der Waals surface area contributed by atoms with E-state index in [0.717, 1.165) is 18.7 Å². The summed E-state index contributed by atoms with van der Waals surface area (Å²) in [7, 11) is 0. The van der Waals surface area contributed by atoms with Crippen LogP contribution >= 0.6 is 0 Å². The van der Waals surface area contributed by atoms with Gasteiger partial charge in [-0.05, 0) is 81.4 Å². The van der Waals surface area contributed by atoms with Crippen LogP contribution in [-0.2, 0) is 12.8 Å². The van der Waals surface area contributed by atoms with E-state index < -0.39 is 11.9 Å². The summed E-state index contributed by atoms with van der Waals surface area (Å²) in [4.78, 5) is 30.7. The molecule has 4 fully saturated rings. The largest absolute Gasteiger partial charge is 0.478 e. The maximum Gasteiger partial charge on any atom is 0.336 e. The van der Waals surface area contributed by atoms with Gasteiger partial charge in [-0.2, -0.15) is 0 Å². The number of carboxylic acid groups (broad SMARTS) is 2. The van der Waals surface area contributed by atoms with Gasteiger partial charge in [-0.1, -0.05) is 83.1 Å². The molecular formula is C36H56N2O4. The zero-order valence-electron chi connectivity index (χ0n) is 26.0. The maximum atomic E-state index is 12.9. The topological polar surface area (TPSA) is 81.1 Å². The molecule has 1 aromatic carbocycles. The summed E-state index contributed by atoms with van der Waals surface area (Å²) in [6, 6.07) is 5.82. The van der Waals surface area contributed by atoms with E-state index in [1.807, 2.05) is 6.07 Å². The average molecular weight is 581 g/mol. The summed E-state index contributed by atoms with van der Waals surface area (Å²) in [5.74, 6) is -1.97. The molecule has 4 aliphatic carbocycles. The lowest BCUT2D eigenvalue weighted by atomic mass is 9.86. The summed E-state index contributed by atoms with van der Waals surface area (Å²) < 4.78 is 0. The quantitative estimate of drug-likeness (QED) is 0.260. The first-order valence-corrected chi connectivity index (χ1v) is 17.7. The van der Waals surface area contributed by atoms with Gasteiger partial charge in [0, 0.05) is 37.3 Å². The Balaban J connectivity index is 1.39. The molecular weight excluding hydrogens is 524 g/mol.